The number of anilines is 1. The van der Waals surface area contributed by atoms with E-state index in [0.717, 1.165) is 0 Å². The van der Waals surface area contributed by atoms with Gasteiger partial charge in [-0.2, -0.15) is 0 Å². The zero-order valence-corrected chi connectivity index (χ0v) is 20.7. The molecule has 11 nitrogen and oxygen atoms in total. The maximum atomic E-state index is 13.3. The van der Waals surface area contributed by atoms with Crippen LogP contribution in [0.5, 0.6) is 0 Å². The first-order valence-electron chi connectivity index (χ1n) is 11.5. The highest BCUT2D eigenvalue weighted by atomic mass is 16.6. The van der Waals surface area contributed by atoms with Crippen LogP contribution in [0, 0.1) is 24.0 Å². The van der Waals surface area contributed by atoms with Crippen molar-refractivity contribution < 1.29 is 18.9 Å². The van der Waals surface area contributed by atoms with Crippen LogP contribution in [0.25, 0.3) is 22.6 Å². The summed E-state index contributed by atoms with van der Waals surface area (Å²) in [6, 6.07) is 1.18. The first-order valence-corrected chi connectivity index (χ1v) is 11.5. The van der Waals surface area contributed by atoms with E-state index in [0.29, 0.717) is 26.2 Å². The molecule has 0 aromatic heterocycles. The van der Waals surface area contributed by atoms with E-state index in [1.54, 1.807) is 27.7 Å². The minimum atomic E-state index is -0.600. The third kappa shape index (κ3) is 4.07. The summed E-state index contributed by atoms with van der Waals surface area (Å²) in [4.78, 5) is 58.3. The van der Waals surface area contributed by atoms with Crippen LogP contribution in [0.15, 0.2) is 15.3 Å². The molecule has 2 amide bonds. The molecule has 0 atom stereocenters. The van der Waals surface area contributed by atoms with Gasteiger partial charge in [-0.3, -0.25) is 24.5 Å². The van der Waals surface area contributed by atoms with Gasteiger partial charge >= 0.3 is 0 Å². The number of rotatable bonds is 7. The topological polar surface area (TPSA) is 153 Å². The van der Waals surface area contributed by atoms with Gasteiger partial charge in [-0.25, -0.2) is 4.98 Å². The SMILES string of the molecule is CCN(CC)C(=O)c1c2nc3c(C(=O)N(CC)CC)cc([N+](=O)[O-])c(C)c3oc-2c(C)c(=O)c1N. The number of nitro groups is 1. The number of aromatic nitrogens is 1. The zero-order chi connectivity index (χ0) is 26.2. The summed E-state index contributed by atoms with van der Waals surface area (Å²) in [6.07, 6.45) is 0. The van der Waals surface area contributed by atoms with Crippen LogP contribution in [0.1, 0.15) is 59.5 Å². The number of hydrogen-bond donors (Lipinski definition) is 1. The first kappa shape index (κ1) is 25.6. The number of fused-ring (bicyclic) bond motifs is 2. The summed E-state index contributed by atoms with van der Waals surface area (Å²) in [5.41, 5.74) is 5.18. The van der Waals surface area contributed by atoms with Crippen LogP contribution in [-0.2, 0) is 0 Å². The van der Waals surface area contributed by atoms with Gasteiger partial charge in [-0.05, 0) is 41.5 Å². The molecule has 3 rings (SSSR count). The fraction of sp³-hybridized carbons (Fsp3) is 0.417. The number of nitro benzene ring substituents is 1. The number of carbonyl (C=O) groups excluding carboxylic acids is 2. The van der Waals surface area contributed by atoms with Crippen molar-refractivity contribution in [2.45, 2.75) is 41.5 Å². The van der Waals surface area contributed by atoms with Gasteiger partial charge in [-0.1, -0.05) is 0 Å². The van der Waals surface area contributed by atoms with Crippen molar-refractivity contribution in [1.82, 2.24) is 14.8 Å². The van der Waals surface area contributed by atoms with Crippen molar-refractivity contribution in [3.05, 3.63) is 48.7 Å². The minimum Gasteiger partial charge on any atom is -0.452 e. The highest BCUT2D eigenvalue weighted by molar-refractivity contribution is 6.09. The third-order valence-electron chi connectivity index (χ3n) is 6.29. The lowest BCUT2D eigenvalue weighted by Crippen LogP contribution is -2.34. The Balaban J connectivity index is 2.56. The average Bonchev–Trinajstić information content (AvgIpc) is 2.83. The Bertz CT molecular complexity index is 1370. The molecule has 35 heavy (non-hydrogen) atoms. The Labute approximate surface area is 202 Å². The second-order valence-corrected chi connectivity index (χ2v) is 8.09. The number of hydrogen-bond acceptors (Lipinski definition) is 8. The molecule has 0 fully saturated rings. The predicted octanol–water partition coefficient (Wildman–Crippen LogP) is 3.36. The van der Waals surface area contributed by atoms with Gasteiger partial charge in [0.1, 0.15) is 11.2 Å². The maximum Gasteiger partial charge on any atom is 0.277 e. The molecular weight excluding hydrogens is 454 g/mol. The van der Waals surface area contributed by atoms with Crippen molar-refractivity contribution >= 4 is 34.3 Å². The lowest BCUT2D eigenvalue weighted by molar-refractivity contribution is -0.385. The van der Waals surface area contributed by atoms with Crippen LogP contribution < -0.4 is 11.2 Å². The fourth-order valence-electron chi connectivity index (χ4n) is 4.17. The number of aryl methyl sites for hydroxylation is 1. The van der Waals surface area contributed by atoms with Gasteiger partial charge in [0.15, 0.2) is 11.3 Å². The van der Waals surface area contributed by atoms with Gasteiger partial charge in [-0.15, -0.1) is 0 Å². The Hall–Kier alpha value is -4.02. The number of carbonyl (C=O) groups is 2. The van der Waals surface area contributed by atoms with E-state index in [-0.39, 0.29) is 56.2 Å². The molecule has 2 N–H and O–H groups in total. The normalized spacial score (nSPS) is 11.1. The molecule has 1 aliphatic heterocycles. The average molecular weight is 484 g/mol. The van der Waals surface area contributed by atoms with Crippen LogP contribution in [0.4, 0.5) is 11.4 Å². The van der Waals surface area contributed by atoms with Crippen LogP contribution in [0.2, 0.25) is 0 Å². The summed E-state index contributed by atoms with van der Waals surface area (Å²) in [7, 11) is 0. The molecule has 1 aliphatic carbocycles. The second-order valence-electron chi connectivity index (χ2n) is 8.09. The molecule has 0 saturated carbocycles. The molecule has 0 spiro atoms. The molecule has 1 aromatic rings. The monoisotopic (exact) mass is 483 g/mol. The summed E-state index contributed by atoms with van der Waals surface area (Å²) in [5.74, 6) is -0.962. The van der Waals surface area contributed by atoms with Crippen molar-refractivity contribution in [2.24, 2.45) is 0 Å². The van der Waals surface area contributed by atoms with Gasteiger partial charge in [0.25, 0.3) is 17.5 Å². The minimum absolute atomic E-state index is 0.00274. The summed E-state index contributed by atoms with van der Waals surface area (Å²) in [5, 5.41) is 11.8. The summed E-state index contributed by atoms with van der Waals surface area (Å²) in [6.45, 7) is 11.6. The fourth-order valence-corrected chi connectivity index (χ4v) is 4.17. The quantitative estimate of drug-likeness (QED) is 0.232. The standard InChI is InChI=1S/C24H29N5O6/c1-7-27(8-2)23(31)14-11-15(29(33)34)12(5)21-18(14)26-19-16(24(32)28(9-3)10-4)17(25)20(30)13(6)22(19)35-21/h11H,7-10,25H2,1-6H3. The van der Waals surface area contributed by atoms with Gasteiger partial charge in [0.05, 0.1) is 27.3 Å². The Morgan fingerprint density at radius 2 is 1.57 bits per heavy atom. The number of nitrogen functional groups attached to an aromatic ring is 1. The van der Waals surface area contributed by atoms with E-state index < -0.39 is 22.2 Å². The van der Waals surface area contributed by atoms with Gasteiger partial charge in [0.2, 0.25) is 5.43 Å². The third-order valence-corrected chi connectivity index (χ3v) is 6.29. The molecule has 0 saturated heterocycles. The maximum absolute atomic E-state index is 13.3. The second kappa shape index (κ2) is 9.69. The number of nitrogens with zero attached hydrogens (tertiary/aromatic N) is 4. The van der Waals surface area contributed by atoms with E-state index in [1.165, 1.54) is 29.7 Å². The Kier molecular flexibility index (Phi) is 7.09. The predicted molar refractivity (Wildman–Crippen MR) is 132 cm³/mol. The lowest BCUT2D eigenvalue weighted by atomic mass is 9.98. The molecular formula is C24H29N5O6. The van der Waals surface area contributed by atoms with Crippen LogP contribution in [-0.4, -0.2) is 57.7 Å². The van der Waals surface area contributed by atoms with Gasteiger partial charge < -0.3 is 20.0 Å². The molecule has 186 valence electrons. The molecule has 1 heterocycles. The molecule has 2 aliphatic rings. The molecule has 1 aromatic carbocycles. The van der Waals surface area contributed by atoms with Crippen molar-refractivity contribution in [2.75, 3.05) is 31.9 Å². The zero-order valence-electron chi connectivity index (χ0n) is 20.7. The number of amides is 2. The van der Waals surface area contributed by atoms with Crippen molar-refractivity contribution in [3.8, 4) is 11.5 Å². The number of benzene rings is 2. The summed E-state index contributed by atoms with van der Waals surface area (Å²) >= 11 is 0. The highest BCUT2D eigenvalue weighted by Crippen LogP contribution is 2.37. The Morgan fingerprint density at radius 3 is 2.09 bits per heavy atom. The smallest absolute Gasteiger partial charge is 0.277 e. The van der Waals surface area contributed by atoms with Crippen molar-refractivity contribution in [1.29, 1.82) is 0 Å². The summed E-state index contributed by atoms with van der Waals surface area (Å²) < 4.78 is 6.05. The first-order chi connectivity index (χ1) is 16.5. The lowest BCUT2D eigenvalue weighted by Gasteiger charge is -2.23. The van der Waals surface area contributed by atoms with Gasteiger partial charge in [0, 0.05) is 37.8 Å². The van der Waals surface area contributed by atoms with Crippen LogP contribution >= 0.6 is 0 Å². The van der Waals surface area contributed by atoms with E-state index in [1.807, 2.05) is 0 Å². The molecule has 0 radical (unpaired) electrons. The molecule has 11 heteroatoms. The largest absolute Gasteiger partial charge is 0.452 e. The molecule has 0 unspecified atom stereocenters. The van der Waals surface area contributed by atoms with Crippen LogP contribution in [0.3, 0.4) is 0 Å². The van der Waals surface area contributed by atoms with E-state index in [9.17, 15) is 24.5 Å². The highest BCUT2D eigenvalue weighted by Gasteiger charge is 2.32. The molecule has 0 bridgehead atoms. The van der Waals surface area contributed by atoms with E-state index >= 15 is 0 Å². The Morgan fingerprint density at radius 1 is 1.03 bits per heavy atom. The van der Waals surface area contributed by atoms with Crippen molar-refractivity contribution in [3.63, 3.8) is 0 Å². The van der Waals surface area contributed by atoms with E-state index in [4.69, 9.17) is 10.2 Å². The van der Waals surface area contributed by atoms with E-state index in [2.05, 4.69) is 4.98 Å². The number of nitrogens with two attached hydrogens (primary N) is 1.